The minimum atomic E-state index is -0.141. The summed E-state index contributed by atoms with van der Waals surface area (Å²) in [5.74, 6) is 1.09. The predicted octanol–water partition coefficient (Wildman–Crippen LogP) is 2.04. The second-order valence-corrected chi connectivity index (χ2v) is 6.70. The van der Waals surface area contributed by atoms with Gasteiger partial charge in [-0.3, -0.25) is 0 Å². The molecule has 0 saturated carbocycles. The number of rotatable bonds is 8. The predicted molar refractivity (Wildman–Crippen MR) is 74.7 cm³/mol. The van der Waals surface area contributed by atoms with Crippen molar-refractivity contribution in [1.82, 2.24) is 5.32 Å². The normalized spacial score (nSPS) is 25.8. The first-order valence-electron chi connectivity index (χ1n) is 6.68. The van der Waals surface area contributed by atoms with Gasteiger partial charge in [0.1, 0.15) is 0 Å². The lowest BCUT2D eigenvalue weighted by atomic mass is 9.97. The fraction of sp³-hybridized carbons (Fsp3) is 1.00. The number of likely N-dealkylation sites (N-methyl/N-ethyl adjacent to an activating group) is 1. The Morgan fingerprint density at radius 1 is 1.59 bits per heavy atom. The molecule has 1 aliphatic heterocycles. The van der Waals surface area contributed by atoms with Crippen molar-refractivity contribution in [3.8, 4) is 0 Å². The largest absolute Gasteiger partial charge is 0.394 e. The summed E-state index contributed by atoms with van der Waals surface area (Å²) in [4.78, 5) is 0. The average Bonchev–Trinajstić information content (AvgIpc) is 2.79. The van der Waals surface area contributed by atoms with Crippen molar-refractivity contribution in [2.45, 2.75) is 56.9 Å². The minimum Gasteiger partial charge on any atom is -0.394 e. The van der Waals surface area contributed by atoms with Crippen LogP contribution in [0.5, 0.6) is 0 Å². The smallest absolute Gasteiger partial charge is 0.0666 e. The first-order valence-corrected chi connectivity index (χ1v) is 7.73. The summed E-state index contributed by atoms with van der Waals surface area (Å²) in [5.41, 5.74) is -0.141. The van der Waals surface area contributed by atoms with Crippen molar-refractivity contribution in [2.75, 3.05) is 25.5 Å². The van der Waals surface area contributed by atoms with Gasteiger partial charge in [0.2, 0.25) is 0 Å². The fourth-order valence-electron chi connectivity index (χ4n) is 2.36. The van der Waals surface area contributed by atoms with Crippen molar-refractivity contribution < 1.29 is 9.84 Å². The number of aliphatic hydroxyl groups excluding tert-OH is 1. The molecule has 1 rings (SSSR count). The highest BCUT2D eigenvalue weighted by Gasteiger charge is 2.25. The minimum absolute atomic E-state index is 0.141. The second-order valence-electron chi connectivity index (χ2n) is 5.23. The van der Waals surface area contributed by atoms with Crippen LogP contribution in [0, 0.1) is 0 Å². The molecule has 102 valence electrons. The van der Waals surface area contributed by atoms with Crippen molar-refractivity contribution >= 4 is 11.8 Å². The van der Waals surface area contributed by atoms with Crippen molar-refractivity contribution in [3.63, 3.8) is 0 Å². The van der Waals surface area contributed by atoms with Gasteiger partial charge in [-0.05, 0) is 32.7 Å². The fourth-order valence-corrected chi connectivity index (χ4v) is 3.65. The van der Waals surface area contributed by atoms with E-state index in [-0.39, 0.29) is 12.1 Å². The Balaban J connectivity index is 2.24. The maximum Gasteiger partial charge on any atom is 0.0666 e. The van der Waals surface area contributed by atoms with E-state index in [1.54, 1.807) is 0 Å². The summed E-state index contributed by atoms with van der Waals surface area (Å²) in [6.07, 6.45) is 3.88. The molecular formula is C13H27NO2S. The van der Waals surface area contributed by atoms with E-state index in [9.17, 15) is 5.11 Å². The van der Waals surface area contributed by atoms with E-state index in [4.69, 9.17) is 4.74 Å². The van der Waals surface area contributed by atoms with Gasteiger partial charge >= 0.3 is 0 Å². The molecule has 3 unspecified atom stereocenters. The first kappa shape index (κ1) is 15.3. The molecular weight excluding hydrogens is 234 g/mol. The van der Waals surface area contributed by atoms with Gasteiger partial charge in [0.25, 0.3) is 0 Å². The van der Waals surface area contributed by atoms with Crippen LogP contribution < -0.4 is 5.32 Å². The number of ether oxygens (including phenoxy) is 1. The Bertz CT molecular complexity index is 210. The van der Waals surface area contributed by atoms with Crippen molar-refractivity contribution in [2.24, 2.45) is 0 Å². The van der Waals surface area contributed by atoms with Crippen LogP contribution in [0.4, 0.5) is 0 Å². The third kappa shape index (κ3) is 5.60. The number of thioether (sulfide) groups is 1. The monoisotopic (exact) mass is 261 g/mol. The van der Waals surface area contributed by atoms with Gasteiger partial charge in [0.05, 0.1) is 12.7 Å². The molecule has 0 aliphatic carbocycles. The Morgan fingerprint density at radius 2 is 2.35 bits per heavy atom. The van der Waals surface area contributed by atoms with Gasteiger partial charge in [0, 0.05) is 23.1 Å². The van der Waals surface area contributed by atoms with E-state index in [0.717, 1.165) is 25.3 Å². The lowest BCUT2D eigenvalue weighted by Crippen LogP contribution is -2.47. The molecule has 0 radical (unpaired) electrons. The Kier molecular flexibility index (Phi) is 6.85. The summed E-state index contributed by atoms with van der Waals surface area (Å²) in [6, 6.07) is 0. The van der Waals surface area contributed by atoms with Crippen molar-refractivity contribution in [3.05, 3.63) is 0 Å². The van der Waals surface area contributed by atoms with Crippen molar-refractivity contribution in [1.29, 1.82) is 0 Å². The molecule has 0 aromatic rings. The molecule has 0 aromatic carbocycles. The average molecular weight is 261 g/mol. The number of aliphatic hydroxyl groups is 1. The Hall–Kier alpha value is 0.230. The van der Waals surface area contributed by atoms with Crippen LogP contribution in [0.1, 0.15) is 40.0 Å². The topological polar surface area (TPSA) is 41.5 Å². The molecule has 0 spiro atoms. The van der Waals surface area contributed by atoms with E-state index in [2.05, 4.69) is 26.1 Å². The molecule has 0 amide bonds. The van der Waals surface area contributed by atoms with E-state index in [1.807, 2.05) is 11.8 Å². The van der Waals surface area contributed by atoms with Gasteiger partial charge < -0.3 is 15.2 Å². The van der Waals surface area contributed by atoms with Crippen LogP contribution in [0.15, 0.2) is 0 Å². The summed E-state index contributed by atoms with van der Waals surface area (Å²) >= 11 is 1.97. The SMILES string of the molecule is CCNC(C)(CO)CC(C)SCC1CCCO1. The van der Waals surface area contributed by atoms with Crippen LogP contribution in [-0.2, 0) is 4.74 Å². The van der Waals surface area contributed by atoms with Crippen LogP contribution >= 0.6 is 11.8 Å². The summed E-state index contributed by atoms with van der Waals surface area (Å²) < 4.78 is 5.62. The zero-order valence-electron chi connectivity index (χ0n) is 11.4. The maximum atomic E-state index is 9.45. The van der Waals surface area contributed by atoms with E-state index >= 15 is 0 Å². The molecule has 1 fully saturated rings. The molecule has 2 N–H and O–H groups in total. The second kappa shape index (κ2) is 7.62. The van der Waals surface area contributed by atoms with Crippen LogP contribution in [0.25, 0.3) is 0 Å². The van der Waals surface area contributed by atoms with Crippen LogP contribution in [0.3, 0.4) is 0 Å². The lowest BCUT2D eigenvalue weighted by Gasteiger charge is -2.31. The number of nitrogens with one attached hydrogen (secondary N) is 1. The molecule has 17 heavy (non-hydrogen) atoms. The van der Waals surface area contributed by atoms with E-state index < -0.39 is 0 Å². The van der Waals surface area contributed by atoms with Gasteiger partial charge in [-0.25, -0.2) is 0 Å². The third-order valence-electron chi connectivity index (χ3n) is 3.28. The highest BCUT2D eigenvalue weighted by atomic mass is 32.2. The lowest BCUT2D eigenvalue weighted by molar-refractivity contribution is 0.128. The highest BCUT2D eigenvalue weighted by Crippen LogP contribution is 2.25. The molecule has 3 nitrogen and oxygen atoms in total. The molecule has 3 atom stereocenters. The van der Waals surface area contributed by atoms with Gasteiger partial charge in [0.15, 0.2) is 0 Å². The van der Waals surface area contributed by atoms with Gasteiger partial charge in [-0.1, -0.05) is 13.8 Å². The van der Waals surface area contributed by atoms with Gasteiger partial charge in [-0.15, -0.1) is 0 Å². The Labute approximate surface area is 110 Å². The number of hydrogen-bond acceptors (Lipinski definition) is 4. The summed E-state index contributed by atoms with van der Waals surface area (Å²) in [6.45, 7) is 8.46. The molecule has 4 heteroatoms. The van der Waals surface area contributed by atoms with Gasteiger partial charge in [-0.2, -0.15) is 11.8 Å². The molecule has 0 aromatic heterocycles. The van der Waals surface area contributed by atoms with Crippen LogP contribution in [0.2, 0.25) is 0 Å². The quantitative estimate of drug-likeness (QED) is 0.701. The highest BCUT2D eigenvalue weighted by molar-refractivity contribution is 7.99. The molecule has 1 aliphatic rings. The van der Waals surface area contributed by atoms with Crippen LogP contribution in [-0.4, -0.2) is 47.5 Å². The summed E-state index contributed by atoms with van der Waals surface area (Å²) in [7, 11) is 0. The first-order chi connectivity index (χ1) is 8.09. The molecule has 0 bridgehead atoms. The molecule has 1 saturated heterocycles. The zero-order chi connectivity index (χ0) is 12.7. The number of hydrogen-bond donors (Lipinski definition) is 2. The summed E-state index contributed by atoms with van der Waals surface area (Å²) in [5, 5.41) is 13.4. The van der Waals surface area contributed by atoms with E-state index in [1.165, 1.54) is 12.8 Å². The maximum absolute atomic E-state index is 9.45. The van der Waals surface area contributed by atoms with E-state index in [0.29, 0.717) is 11.4 Å². The third-order valence-corrected chi connectivity index (χ3v) is 4.58. The standard InChI is InChI=1S/C13H27NO2S/c1-4-14-13(3,10-15)8-11(2)17-9-12-6-5-7-16-12/h11-12,14-15H,4-10H2,1-3H3. The molecule has 1 heterocycles. The zero-order valence-corrected chi connectivity index (χ0v) is 12.2. The Morgan fingerprint density at radius 3 is 2.88 bits per heavy atom.